The lowest BCUT2D eigenvalue weighted by Gasteiger charge is -2.26. The van der Waals surface area contributed by atoms with Crippen molar-refractivity contribution in [3.8, 4) is 0 Å². The summed E-state index contributed by atoms with van der Waals surface area (Å²) < 4.78 is 5.46. The van der Waals surface area contributed by atoms with E-state index >= 15 is 0 Å². The van der Waals surface area contributed by atoms with Crippen molar-refractivity contribution in [3.05, 3.63) is 0 Å². The second-order valence-electron chi connectivity index (χ2n) is 8.12. The smallest absolute Gasteiger partial charge is 0.410 e. The van der Waals surface area contributed by atoms with Gasteiger partial charge in [0.2, 0.25) is 0 Å². The fraction of sp³-hybridized carbons (Fsp3) is 0.944. The van der Waals surface area contributed by atoms with Crippen molar-refractivity contribution >= 4 is 6.09 Å². The summed E-state index contributed by atoms with van der Waals surface area (Å²) in [6.45, 7) is 7.87. The number of aliphatic hydroxyl groups excluding tert-OH is 1. The Labute approximate surface area is 140 Å². The zero-order valence-electron chi connectivity index (χ0n) is 15.0. The second-order valence-corrected chi connectivity index (χ2v) is 8.12. The third-order valence-electron chi connectivity index (χ3n) is 4.94. The van der Waals surface area contributed by atoms with Crippen molar-refractivity contribution in [1.29, 1.82) is 0 Å². The van der Waals surface area contributed by atoms with Crippen LogP contribution < -0.4 is 5.32 Å². The predicted octanol–water partition coefficient (Wildman–Crippen LogP) is 2.92. The van der Waals surface area contributed by atoms with Gasteiger partial charge in [0, 0.05) is 25.7 Å². The van der Waals surface area contributed by atoms with Crippen molar-refractivity contribution < 1.29 is 14.6 Å². The quantitative estimate of drug-likeness (QED) is 0.834. The van der Waals surface area contributed by atoms with Crippen LogP contribution in [-0.2, 0) is 4.74 Å². The van der Waals surface area contributed by atoms with Crippen molar-refractivity contribution in [3.63, 3.8) is 0 Å². The largest absolute Gasteiger partial charge is 0.444 e. The lowest BCUT2D eigenvalue weighted by molar-refractivity contribution is 0.0255. The second kappa shape index (κ2) is 8.34. The van der Waals surface area contributed by atoms with Gasteiger partial charge in [-0.05, 0) is 58.8 Å². The molecule has 1 saturated heterocycles. The molecule has 1 aliphatic heterocycles. The Bertz CT molecular complexity index is 375. The van der Waals surface area contributed by atoms with Crippen LogP contribution in [0.15, 0.2) is 0 Å². The van der Waals surface area contributed by atoms with Crippen LogP contribution >= 0.6 is 0 Å². The van der Waals surface area contributed by atoms with E-state index in [2.05, 4.69) is 5.32 Å². The number of carbonyl (C=O) groups is 1. The normalized spacial score (nSPS) is 25.2. The van der Waals surface area contributed by atoms with Gasteiger partial charge in [0.05, 0.1) is 6.10 Å². The van der Waals surface area contributed by atoms with E-state index in [4.69, 9.17) is 4.74 Å². The summed E-state index contributed by atoms with van der Waals surface area (Å²) >= 11 is 0. The predicted molar refractivity (Wildman–Crippen MR) is 91.4 cm³/mol. The van der Waals surface area contributed by atoms with Gasteiger partial charge in [-0.3, -0.25) is 0 Å². The fourth-order valence-electron chi connectivity index (χ4n) is 3.61. The van der Waals surface area contributed by atoms with Gasteiger partial charge in [-0.25, -0.2) is 4.79 Å². The highest BCUT2D eigenvalue weighted by Gasteiger charge is 2.27. The lowest BCUT2D eigenvalue weighted by Crippen LogP contribution is -2.40. The summed E-state index contributed by atoms with van der Waals surface area (Å²) in [5.41, 5.74) is -0.438. The number of hydrogen-bond acceptors (Lipinski definition) is 4. The number of likely N-dealkylation sites (tertiary alicyclic amines) is 1. The first-order valence-electron chi connectivity index (χ1n) is 9.24. The number of amides is 1. The SMILES string of the molecule is CC(C)(C)OC(=O)N1CCC[C@@H](NC[C@H](O)C2CCCC2)CC1. The summed E-state index contributed by atoms with van der Waals surface area (Å²) in [6.07, 6.45) is 7.39. The van der Waals surface area contributed by atoms with E-state index in [9.17, 15) is 9.90 Å². The average Bonchev–Trinajstić information content (AvgIpc) is 2.89. The fourth-order valence-corrected chi connectivity index (χ4v) is 3.61. The molecule has 1 saturated carbocycles. The monoisotopic (exact) mass is 326 g/mol. The Morgan fingerprint density at radius 1 is 1.17 bits per heavy atom. The molecule has 5 heteroatoms. The third kappa shape index (κ3) is 6.30. The summed E-state index contributed by atoms with van der Waals surface area (Å²) in [5, 5.41) is 13.8. The van der Waals surface area contributed by atoms with Crippen LogP contribution in [-0.4, -0.2) is 53.5 Å². The minimum absolute atomic E-state index is 0.204. The van der Waals surface area contributed by atoms with E-state index in [0.29, 0.717) is 18.5 Å². The maximum absolute atomic E-state index is 12.2. The molecule has 0 bridgehead atoms. The van der Waals surface area contributed by atoms with E-state index in [0.717, 1.165) is 32.4 Å². The van der Waals surface area contributed by atoms with Gasteiger partial charge >= 0.3 is 6.09 Å². The summed E-state index contributed by atoms with van der Waals surface area (Å²) in [5.74, 6) is 0.478. The minimum Gasteiger partial charge on any atom is -0.444 e. The van der Waals surface area contributed by atoms with Crippen LogP contribution in [0.2, 0.25) is 0 Å². The van der Waals surface area contributed by atoms with Crippen LogP contribution in [0.5, 0.6) is 0 Å². The Morgan fingerprint density at radius 2 is 1.87 bits per heavy atom. The molecule has 1 amide bonds. The third-order valence-corrected chi connectivity index (χ3v) is 4.94. The molecular formula is C18H34N2O3. The average molecular weight is 326 g/mol. The highest BCUT2D eigenvalue weighted by Crippen LogP contribution is 2.27. The van der Waals surface area contributed by atoms with Gasteiger partial charge < -0.3 is 20.1 Å². The number of nitrogens with one attached hydrogen (secondary N) is 1. The van der Waals surface area contributed by atoms with E-state index in [1.807, 2.05) is 25.7 Å². The Kier molecular flexibility index (Phi) is 6.72. The van der Waals surface area contributed by atoms with Gasteiger partial charge in [0.15, 0.2) is 0 Å². The van der Waals surface area contributed by atoms with Crippen molar-refractivity contribution in [2.45, 2.75) is 83.5 Å². The molecule has 0 aromatic heterocycles. The van der Waals surface area contributed by atoms with Gasteiger partial charge in [-0.2, -0.15) is 0 Å². The molecule has 0 aromatic carbocycles. The molecule has 2 aliphatic rings. The number of ether oxygens (including phenoxy) is 1. The number of carbonyl (C=O) groups excluding carboxylic acids is 1. The van der Waals surface area contributed by atoms with Gasteiger partial charge in [-0.15, -0.1) is 0 Å². The minimum atomic E-state index is -0.438. The molecule has 0 aromatic rings. The molecule has 1 heterocycles. The van der Waals surface area contributed by atoms with Crippen molar-refractivity contribution in [2.75, 3.05) is 19.6 Å². The van der Waals surface area contributed by atoms with Crippen LogP contribution in [0.1, 0.15) is 65.7 Å². The highest BCUT2D eigenvalue weighted by atomic mass is 16.6. The Hall–Kier alpha value is -0.810. The molecule has 0 radical (unpaired) electrons. The molecule has 134 valence electrons. The van der Waals surface area contributed by atoms with Crippen molar-refractivity contribution in [2.24, 2.45) is 5.92 Å². The highest BCUT2D eigenvalue weighted by molar-refractivity contribution is 5.68. The first-order chi connectivity index (χ1) is 10.8. The first kappa shape index (κ1) is 18.5. The molecule has 2 fully saturated rings. The molecule has 5 nitrogen and oxygen atoms in total. The molecule has 1 aliphatic carbocycles. The van der Waals surface area contributed by atoms with Crippen LogP contribution in [0, 0.1) is 5.92 Å². The lowest BCUT2D eigenvalue weighted by atomic mass is 10.00. The molecule has 2 N–H and O–H groups in total. The maximum atomic E-state index is 12.2. The molecule has 2 atom stereocenters. The standard InChI is InChI=1S/C18H34N2O3/c1-18(2,3)23-17(22)20-11-6-9-15(10-12-20)19-13-16(21)14-7-4-5-8-14/h14-16,19,21H,4-13H2,1-3H3/t15-,16+/m1/s1. The first-order valence-corrected chi connectivity index (χ1v) is 9.24. The van der Waals surface area contributed by atoms with Crippen molar-refractivity contribution in [1.82, 2.24) is 10.2 Å². The van der Waals surface area contributed by atoms with E-state index in [1.54, 1.807) is 0 Å². The Balaban J connectivity index is 1.71. The van der Waals surface area contributed by atoms with Gasteiger partial charge in [-0.1, -0.05) is 12.8 Å². The number of aliphatic hydroxyl groups is 1. The topological polar surface area (TPSA) is 61.8 Å². The van der Waals surface area contributed by atoms with E-state index in [-0.39, 0.29) is 12.2 Å². The Morgan fingerprint density at radius 3 is 2.52 bits per heavy atom. The van der Waals surface area contributed by atoms with E-state index < -0.39 is 5.60 Å². The number of nitrogens with zero attached hydrogens (tertiary/aromatic N) is 1. The zero-order chi connectivity index (χ0) is 16.9. The van der Waals surface area contributed by atoms with Crippen LogP contribution in [0.4, 0.5) is 4.79 Å². The maximum Gasteiger partial charge on any atom is 0.410 e. The van der Waals surface area contributed by atoms with Gasteiger partial charge in [0.1, 0.15) is 5.60 Å². The molecule has 0 unspecified atom stereocenters. The number of hydrogen-bond donors (Lipinski definition) is 2. The number of rotatable bonds is 4. The van der Waals surface area contributed by atoms with Crippen LogP contribution in [0.25, 0.3) is 0 Å². The zero-order valence-corrected chi connectivity index (χ0v) is 15.0. The molecule has 23 heavy (non-hydrogen) atoms. The summed E-state index contributed by atoms with van der Waals surface area (Å²) in [4.78, 5) is 14.0. The van der Waals surface area contributed by atoms with Gasteiger partial charge in [0.25, 0.3) is 0 Å². The molecule has 2 rings (SSSR count). The summed E-state index contributed by atoms with van der Waals surface area (Å²) in [6, 6.07) is 0.387. The van der Waals surface area contributed by atoms with E-state index in [1.165, 1.54) is 25.7 Å². The molecular weight excluding hydrogens is 292 g/mol. The summed E-state index contributed by atoms with van der Waals surface area (Å²) in [7, 11) is 0. The van der Waals surface area contributed by atoms with Crippen LogP contribution in [0.3, 0.4) is 0 Å². The molecule has 0 spiro atoms.